The number of aryl methyl sites for hydroxylation is 1. The Hall–Kier alpha value is -2.58. The van der Waals surface area contributed by atoms with E-state index in [9.17, 15) is 26.9 Å². The van der Waals surface area contributed by atoms with Crippen molar-refractivity contribution in [3.63, 3.8) is 0 Å². The number of aromatic nitrogens is 2. The third kappa shape index (κ3) is 3.90. The quantitative estimate of drug-likeness (QED) is 0.478. The Kier molecular flexibility index (Phi) is 5.05. The Morgan fingerprint density at radius 2 is 2.03 bits per heavy atom. The zero-order valence-corrected chi connectivity index (χ0v) is 18.1. The van der Waals surface area contributed by atoms with Crippen LogP contribution in [0.25, 0.3) is 22.7 Å². The molecule has 2 aromatic heterocycles. The smallest absolute Gasteiger partial charge is 0.435 e. The van der Waals surface area contributed by atoms with Gasteiger partial charge in [0.15, 0.2) is 15.4 Å². The van der Waals surface area contributed by atoms with Crippen molar-refractivity contribution < 1.29 is 26.0 Å². The number of benzene rings is 1. The first-order valence-corrected chi connectivity index (χ1v) is 11.8. The number of nitrogens with zero attached hydrogens (tertiary/aromatic N) is 3. The maximum Gasteiger partial charge on any atom is 0.446 e. The minimum absolute atomic E-state index is 0.0192. The lowest BCUT2D eigenvalue weighted by atomic mass is 9.99. The Balaban J connectivity index is 1.87. The van der Waals surface area contributed by atoms with Gasteiger partial charge in [-0.1, -0.05) is 6.92 Å². The maximum atomic E-state index is 12.8. The number of sulfone groups is 1. The van der Waals surface area contributed by atoms with Gasteiger partial charge in [0.1, 0.15) is 11.2 Å². The number of nitriles is 1. The number of rotatable bonds is 5. The van der Waals surface area contributed by atoms with E-state index < -0.39 is 20.8 Å². The molecule has 6 nitrogen and oxygen atoms in total. The van der Waals surface area contributed by atoms with Gasteiger partial charge in [-0.3, -0.25) is 0 Å². The molecule has 11 heteroatoms. The molecule has 0 aliphatic heterocycles. The van der Waals surface area contributed by atoms with Crippen molar-refractivity contribution in [3.8, 4) is 17.7 Å². The fourth-order valence-corrected chi connectivity index (χ4v) is 4.98. The number of halogens is 3. The van der Waals surface area contributed by atoms with Crippen LogP contribution in [0.1, 0.15) is 30.9 Å². The SMILES string of the molecule is CCS(=O)(=O)c1cc(C2(C#N)CC2)cnc1-c1nc2c(C)c(SC(F)(F)F)ccc2o1. The fraction of sp³-hybridized carbons (Fsp3) is 0.350. The highest BCUT2D eigenvalue weighted by Gasteiger charge is 2.46. The van der Waals surface area contributed by atoms with Crippen LogP contribution in [0.5, 0.6) is 0 Å². The van der Waals surface area contributed by atoms with Gasteiger partial charge in [-0.2, -0.15) is 18.4 Å². The van der Waals surface area contributed by atoms with Gasteiger partial charge >= 0.3 is 5.51 Å². The molecule has 0 saturated heterocycles. The largest absolute Gasteiger partial charge is 0.446 e. The third-order valence-electron chi connectivity index (χ3n) is 5.28. The second-order valence-corrected chi connectivity index (χ2v) is 10.6. The van der Waals surface area contributed by atoms with Crippen LogP contribution in [0.2, 0.25) is 0 Å². The molecule has 0 radical (unpaired) electrons. The molecule has 31 heavy (non-hydrogen) atoms. The van der Waals surface area contributed by atoms with Gasteiger partial charge in [0.2, 0.25) is 5.89 Å². The number of oxazole rings is 1. The molecule has 2 heterocycles. The van der Waals surface area contributed by atoms with Gasteiger partial charge in [0.25, 0.3) is 0 Å². The van der Waals surface area contributed by atoms with E-state index in [2.05, 4.69) is 16.0 Å². The maximum absolute atomic E-state index is 12.8. The summed E-state index contributed by atoms with van der Waals surface area (Å²) >= 11 is -0.251. The van der Waals surface area contributed by atoms with Crippen LogP contribution in [-0.4, -0.2) is 29.6 Å². The van der Waals surface area contributed by atoms with E-state index in [1.54, 1.807) is 0 Å². The zero-order valence-electron chi connectivity index (χ0n) is 16.4. The lowest BCUT2D eigenvalue weighted by Crippen LogP contribution is -2.11. The predicted molar refractivity (Wildman–Crippen MR) is 108 cm³/mol. The van der Waals surface area contributed by atoms with E-state index >= 15 is 0 Å². The lowest BCUT2D eigenvalue weighted by molar-refractivity contribution is -0.0328. The number of hydrogen-bond acceptors (Lipinski definition) is 7. The van der Waals surface area contributed by atoms with E-state index in [0.717, 1.165) is 0 Å². The van der Waals surface area contributed by atoms with Crippen molar-refractivity contribution in [2.24, 2.45) is 0 Å². The highest BCUT2D eigenvalue weighted by molar-refractivity contribution is 8.00. The van der Waals surface area contributed by atoms with E-state index in [-0.39, 0.29) is 55.6 Å². The second kappa shape index (κ2) is 7.24. The molecule has 0 unspecified atom stereocenters. The molecule has 0 N–H and O–H groups in total. The standard InChI is InChI=1S/C20H16F3N3O3S2/c1-3-31(27,28)15-8-12(19(10-24)6-7-19)9-25-17(15)18-26-16-11(2)14(30-20(21,22)23)5-4-13(16)29-18/h4-5,8-9H,3,6-7H2,1-2H3. The minimum atomic E-state index is -4.45. The molecule has 162 valence electrons. The Bertz CT molecular complexity index is 1340. The summed E-state index contributed by atoms with van der Waals surface area (Å²) in [5.41, 5.74) is -4.00. The van der Waals surface area contributed by atoms with E-state index in [4.69, 9.17) is 4.42 Å². The van der Waals surface area contributed by atoms with E-state index in [0.29, 0.717) is 18.4 Å². The Morgan fingerprint density at radius 3 is 2.61 bits per heavy atom. The lowest BCUT2D eigenvalue weighted by Gasteiger charge is -2.11. The van der Waals surface area contributed by atoms with Gasteiger partial charge < -0.3 is 4.42 Å². The molecule has 1 saturated carbocycles. The summed E-state index contributed by atoms with van der Waals surface area (Å²) in [6.07, 6.45) is 2.68. The summed E-state index contributed by atoms with van der Waals surface area (Å²) in [5.74, 6) is -0.302. The van der Waals surface area contributed by atoms with Gasteiger partial charge in [-0.25, -0.2) is 18.4 Å². The van der Waals surface area contributed by atoms with Crippen molar-refractivity contribution in [2.75, 3.05) is 5.75 Å². The number of alkyl halides is 3. The predicted octanol–water partition coefficient (Wildman–Crippen LogP) is 5.16. The molecule has 1 aliphatic rings. The molecule has 3 aromatic rings. The average molecular weight is 467 g/mol. The van der Waals surface area contributed by atoms with Crippen LogP contribution in [0.3, 0.4) is 0 Å². The normalized spacial score (nSPS) is 15.7. The number of fused-ring (bicyclic) bond motifs is 1. The van der Waals surface area contributed by atoms with Gasteiger partial charge in [0.05, 0.1) is 22.1 Å². The average Bonchev–Trinajstić information content (AvgIpc) is 3.40. The molecule has 1 fully saturated rings. The first kappa shape index (κ1) is 21.6. The van der Waals surface area contributed by atoms with Crippen LogP contribution in [0.15, 0.2) is 38.6 Å². The van der Waals surface area contributed by atoms with Crippen molar-refractivity contribution in [3.05, 3.63) is 35.5 Å². The molecule has 1 aromatic carbocycles. The molecule has 0 amide bonds. The molecule has 1 aliphatic carbocycles. The van der Waals surface area contributed by atoms with Crippen molar-refractivity contribution >= 4 is 32.7 Å². The van der Waals surface area contributed by atoms with E-state index in [1.807, 2.05) is 0 Å². The van der Waals surface area contributed by atoms with Gasteiger partial charge in [-0.15, -0.1) is 0 Å². The monoisotopic (exact) mass is 467 g/mol. The molecule has 0 bridgehead atoms. The summed E-state index contributed by atoms with van der Waals surface area (Å²) in [6.45, 7) is 2.98. The molecular formula is C20H16F3N3O3S2. The van der Waals surface area contributed by atoms with E-state index in [1.165, 1.54) is 38.2 Å². The molecule has 0 spiro atoms. The highest BCUT2D eigenvalue weighted by atomic mass is 32.2. The summed E-state index contributed by atoms with van der Waals surface area (Å²) in [4.78, 5) is 8.39. The van der Waals surface area contributed by atoms with Crippen molar-refractivity contribution in [1.82, 2.24) is 9.97 Å². The first-order valence-electron chi connectivity index (χ1n) is 9.30. The van der Waals surface area contributed by atoms with Crippen LogP contribution < -0.4 is 0 Å². The van der Waals surface area contributed by atoms with Crippen molar-refractivity contribution in [2.45, 2.75) is 47.4 Å². The van der Waals surface area contributed by atoms with Crippen LogP contribution in [-0.2, 0) is 15.3 Å². The Morgan fingerprint density at radius 1 is 1.32 bits per heavy atom. The summed E-state index contributed by atoms with van der Waals surface area (Å²) in [6, 6.07) is 6.30. The van der Waals surface area contributed by atoms with Crippen molar-refractivity contribution in [1.29, 1.82) is 5.26 Å². The number of thioether (sulfide) groups is 1. The number of hydrogen-bond donors (Lipinski definition) is 0. The number of pyridine rings is 1. The van der Waals surface area contributed by atoms with Crippen LogP contribution in [0.4, 0.5) is 13.2 Å². The zero-order chi connectivity index (χ0) is 22.6. The molecular weight excluding hydrogens is 451 g/mol. The third-order valence-corrected chi connectivity index (χ3v) is 7.91. The van der Waals surface area contributed by atoms with Gasteiger partial charge in [-0.05, 0) is 60.9 Å². The minimum Gasteiger partial charge on any atom is -0.435 e. The fourth-order valence-electron chi connectivity index (χ4n) is 3.29. The highest BCUT2D eigenvalue weighted by Crippen LogP contribution is 2.48. The first-order chi connectivity index (χ1) is 14.5. The van der Waals surface area contributed by atoms with Gasteiger partial charge in [0, 0.05) is 11.1 Å². The molecule has 0 atom stereocenters. The van der Waals surface area contributed by atoms with Crippen LogP contribution in [0, 0.1) is 18.3 Å². The summed E-state index contributed by atoms with van der Waals surface area (Å²) in [5, 5.41) is 9.44. The van der Waals surface area contributed by atoms with Crippen LogP contribution >= 0.6 is 11.8 Å². The Labute approximate surface area is 180 Å². The topological polar surface area (TPSA) is 96.8 Å². The molecule has 4 rings (SSSR count). The second-order valence-electron chi connectivity index (χ2n) is 7.27. The summed E-state index contributed by atoms with van der Waals surface area (Å²) < 4.78 is 69.6. The summed E-state index contributed by atoms with van der Waals surface area (Å²) in [7, 11) is -3.74.